The zero-order chi connectivity index (χ0) is 16.2. The van der Waals surface area contributed by atoms with Gasteiger partial charge in [0, 0.05) is 10.9 Å². The summed E-state index contributed by atoms with van der Waals surface area (Å²) in [4.78, 5) is 16.1. The molecule has 6 heteroatoms. The number of carbonyl (C=O) groups is 1. The van der Waals surface area contributed by atoms with Gasteiger partial charge in [-0.3, -0.25) is 4.79 Å². The average Bonchev–Trinajstić information content (AvgIpc) is 3.03. The summed E-state index contributed by atoms with van der Waals surface area (Å²) < 4.78 is 18.6. The lowest BCUT2D eigenvalue weighted by atomic mass is 10.2. The first kappa shape index (κ1) is 15.2. The molecule has 0 aliphatic rings. The van der Waals surface area contributed by atoms with Crippen LogP contribution in [-0.2, 0) is 4.79 Å². The Balaban J connectivity index is 1.86. The SMILES string of the molecule is NC(=O)C(Oc1ccccc1)c1nc(-c2ccc(F)cc2)cs1. The van der Waals surface area contributed by atoms with E-state index in [1.165, 1.54) is 23.5 Å². The number of nitrogens with zero attached hydrogens (tertiary/aromatic N) is 1. The number of halogens is 1. The van der Waals surface area contributed by atoms with Crippen LogP contribution >= 0.6 is 11.3 Å². The predicted octanol–water partition coefficient (Wildman–Crippen LogP) is 3.55. The maximum absolute atomic E-state index is 13.0. The molecule has 0 spiro atoms. The monoisotopic (exact) mass is 328 g/mol. The van der Waals surface area contributed by atoms with Gasteiger partial charge in [-0.05, 0) is 36.4 Å². The van der Waals surface area contributed by atoms with E-state index in [0.29, 0.717) is 16.5 Å². The molecule has 1 aromatic heterocycles. The third-order valence-electron chi connectivity index (χ3n) is 3.14. The number of rotatable bonds is 5. The van der Waals surface area contributed by atoms with Gasteiger partial charge >= 0.3 is 0 Å². The fraction of sp³-hybridized carbons (Fsp3) is 0.0588. The molecule has 2 aromatic carbocycles. The fourth-order valence-electron chi connectivity index (χ4n) is 2.03. The van der Waals surface area contributed by atoms with Gasteiger partial charge in [-0.2, -0.15) is 0 Å². The Morgan fingerprint density at radius 2 is 1.83 bits per heavy atom. The first-order valence-corrected chi connectivity index (χ1v) is 7.74. The number of thiazole rings is 1. The van der Waals surface area contributed by atoms with Gasteiger partial charge < -0.3 is 10.5 Å². The minimum Gasteiger partial charge on any atom is -0.473 e. The maximum atomic E-state index is 13.0. The Morgan fingerprint density at radius 1 is 1.13 bits per heavy atom. The largest absolute Gasteiger partial charge is 0.473 e. The van der Waals surface area contributed by atoms with Crippen molar-refractivity contribution in [2.75, 3.05) is 0 Å². The number of aromatic nitrogens is 1. The molecule has 0 bridgehead atoms. The number of primary amides is 1. The van der Waals surface area contributed by atoms with E-state index in [1.54, 1.807) is 41.8 Å². The number of para-hydroxylation sites is 1. The number of benzene rings is 2. The number of amides is 1. The van der Waals surface area contributed by atoms with Crippen molar-refractivity contribution < 1.29 is 13.9 Å². The summed E-state index contributed by atoms with van der Waals surface area (Å²) in [5, 5.41) is 2.24. The predicted molar refractivity (Wildman–Crippen MR) is 86.5 cm³/mol. The zero-order valence-corrected chi connectivity index (χ0v) is 12.8. The summed E-state index contributed by atoms with van der Waals surface area (Å²) in [6.45, 7) is 0. The van der Waals surface area contributed by atoms with Crippen LogP contribution in [0.25, 0.3) is 11.3 Å². The van der Waals surface area contributed by atoms with Gasteiger partial charge in [-0.25, -0.2) is 9.37 Å². The zero-order valence-electron chi connectivity index (χ0n) is 12.0. The van der Waals surface area contributed by atoms with Crippen molar-refractivity contribution in [3.8, 4) is 17.0 Å². The van der Waals surface area contributed by atoms with Gasteiger partial charge in [-0.1, -0.05) is 18.2 Å². The van der Waals surface area contributed by atoms with E-state index >= 15 is 0 Å². The lowest BCUT2D eigenvalue weighted by molar-refractivity contribution is -0.125. The molecule has 0 saturated heterocycles. The highest BCUT2D eigenvalue weighted by atomic mass is 32.1. The van der Waals surface area contributed by atoms with E-state index in [4.69, 9.17) is 10.5 Å². The normalized spacial score (nSPS) is 11.9. The van der Waals surface area contributed by atoms with Crippen molar-refractivity contribution in [2.45, 2.75) is 6.10 Å². The van der Waals surface area contributed by atoms with Crippen LogP contribution in [0.4, 0.5) is 4.39 Å². The van der Waals surface area contributed by atoms with Gasteiger partial charge in [0.15, 0.2) is 0 Å². The van der Waals surface area contributed by atoms with E-state index in [1.807, 2.05) is 6.07 Å². The van der Waals surface area contributed by atoms with Crippen molar-refractivity contribution in [3.05, 3.63) is 70.8 Å². The molecule has 116 valence electrons. The molecular weight excluding hydrogens is 315 g/mol. The Kier molecular flexibility index (Phi) is 4.34. The molecule has 23 heavy (non-hydrogen) atoms. The first-order valence-electron chi connectivity index (χ1n) is 6.86. The standard InChI is InChI=1S/C17H13FN2O2S/c18-12-8-6-11(7-9-12)14-10-23-17(20-14)15(16(19)21)22-13-4-2-1-3-5-13/h1-10,15H,(H2,19,21). The van der Waals surface area contributed by atoms with Crippen LogP contribution < -0.4 is 10.5 Å². The highest BCUT2D eigenvalue weighted by Crippen LogP contribution is 2.28. The van der Waals surface area contributed by atoms with Crippen molar-refractivity contribution >= 4 is 17.2 Å². The quantitative estimate of drug-likeness (QED) is 0.779. The van der Waals surface area contributed by atoms with E-state index in [9.17, 15) is 9.18 Å². The summed E-state index contributed by atoms with van der Waals surface area (Å²) in [5.74, 6) is -0.393. The van der Waals surface area contributed by atoms with E-state index in [-0.39, 0.29) is 5.82 Å². The number of nitrogens with two attached hydrogens (primary N) is 1. The van der Waals surface area contributed by atoms with Gasteiger partial charge in [0.05, 0.1) is 5.69 Å². The van der Waals surface area contributed by atoms with Crippen molar-refractivity contribution in [1.82, 2.24) is 4.98 Å². The summed E-state index contributed by atoms with van der Waals surface area (Å²) in [5.41, 5.74) is 6.84. The molecule has 0 aliphatic heterocycles. The lowest BCUT2D eigenvalue weighted by Crippen LogP contribution is -2.26. The average molecular weight is 328 g/mol. The molecule has 1 amide bonds. The molecular formula is C17H13FN2O2S. The molecule has 2 N–H and O–H groups in total. The fourth-order valence-corrected chi connectivity index (χ4v) is 2.89. The van der Waals surface area contributed by atoms with Crippen LogP contribution in [0.15, 0.2) is 60.0 Å². The third-order valence-corrected chi connectivity index (χ3v) is 4.03. The van der Waals surface area contributed by atoms with Gasteiger partial charge in [0.2, 0.25) is 6.10 Å². The highest BCUT2D eigenvalue weighted by molar-refractivity contribution is 7.10. The van der Waals surface area contributed by atoms with Gasteiger partial charge in [0.1, 0.15) is 16.6 Å². The number of carbonyl (C=O) groups excluding carboxylic acids is 1. The van der Waals surface area contributed by atoms with Crippen LogP contribution in [0.2, 0.25) is 0 Å². The molecule has 3 rings (SSSR count). The molecule has 0 saturated carbocycles. The topological polar surface area (TPSA) is 65.2 Å². The maximum Gasteiger partial charge on any atom is 0.265 e. The molecule has 0 aliphatic carbocycles. The van der Waals surface area contributed by atoms with E-state index in [2.05, 4.69) is 4.98 Å². The Hall–Kier alpha value is -2.73. The second kappa shape index (κ2) is 6.58. The summed E-state index contributed by atoms with van der Waals surface area (Å²) in [6, 6.07) is 14.9. The molecule has 0 fully saturated rings. The summed E-state index contributed by atoms with van der Waals surface area (Å²) in [6.07, 6.45) is -0.961. The van der Waals surface area contributed by atoms with Crippen LogP contribution in [-0.4, -0.2) is 10.9 Å². The second-order valence-electron chi connectivity index (χ2n) is 4.79. The number of hydrogen-bond acceptors (Lipinski definition) is 4. The molecule has 1 unspecified atom stereocenters. The first-order chi connectivity index (χ1) is 11.1. The lowest BCUT2D eigenvalue weighted by Gasteiger charge is -2.13. The second-order valence-corrected chi connectivity index (χ2v) is 5.68. The van der Waals surface area contributed by atoms with Gasteiger partial charge in [-0.15, -0.1) is 11.3 Å². The third kappa shape index (κ3) is 3.54. The molecule has 0 radical (unpaired) electrons. The van der Waals surface area contributed by atoms with Crippen molar-refractivity contribution in [2.24, 2.45) is 5.73 Å². The van der Waals surface area contributed by atoms with Crippen molar-refractivity contribution in [3.63, 3.8) is 0 Å². The summed E-state index contributed by atoms with van der Waals surface area (Å²) in [7, 11) is 0. The minimum absolute atomic E-state index is 0.313. The Labute approximate surface area is 136 Å². The minimum atomic E-state index is -0.961. The molecule has 3 aromatic rings. The van der Waals surface area contributed by atoms with Crippen LogP contribution in [0.3, 0.4) is 0 Å². The Morgan fingerprint density at radius 3 is 2.48 bits per heavy atom. The van der Waals surface area contributed by atoms with Crippen LogP contribution in [0.1, 0.15) is 11.1 Å². The molecule has 1 atom stereocenters. The van der Waals surface area contributed by atoms with Gasteiger partial charge in [0.25, 0.3) is 5.91 Å². The number of ether oxygens (including phenoxy) is 1. The van der Waals surface area contributed by atoms with Crippen molar-refractivity contribution in [1.29, 1.82) is 0 Å². The Bertz CT molecular complexity index is 803. The smallest absolute Gasteiger partial charge is 0.265 e. The molecule has 1 heterocycles. The number of hydrogen-bond donors (Lipinski definition) is 1. The highest BCUT2D eigenvalue weighted by Gasteiger charge is 2.24. The van der Waals surface area contributed by atoms with Crippen LogP contribution in [0.5, 0.6) is 5.75 Å². The molecule has 4 nitrogen and oxygen atoms in total. The van der Waals surface area contributed by atoms with Crippen LogP contribution in [0, 0.1) is 5.82 Å². The van der Waals surface area contributed by atoms with E-state index < -0.39 is 12.0 Å². The van der Waals surface area contributed by atoms with E-state index in [0.717, 1.165) is 5.56 Å². The summed E-state index contributed by atoms with van der Waals surface area (Å²) >= 11 is 1.27.